The van der Waals surface area contributed by atoms with Gasteiger partial charge in [0.05, 0.1) is 7.11 Å². The topological polar surface area (TPSA) is 76.0 Å². The second-order valence-corrected chi connectivity index (χ2v) is 4.59. The molecule has 0 fully saturated rings. The van der Waals surface area contributed by atoms with E-state index in [1.165, 1.54) is 31.4 Å². The normalized spacial score (nSPS) is 11.1. The Balaban J connectivity index is 2.41. The van der Waals surface area contributed by atoms with Crippen molar-refractivity contribution in [2.75, 3.05) is 7.11 Å². The van der Waals surface area contributed by atoms with E-state index < -0.39 is 0 Å². The van der Waals surface area contributed by atoms with Crippen LogP contribution in [0.4, 0.5) is 0 Å². The standard InChI is InChI=1S/C17H16O5/c1-11-15(20)9-14(21-2)10-17(11)22-16(7-8-18)12-3-5-13(19)6-4-12/h3-10,19-20H,1-2H3/b16-7-. The number of carbonyl (C=O) groups is 1. The number of aldehydes is 1. The van der Waals surface area contributed by atoms with Crippen LogP contribution in [0.3, 0.4) is 0 Å². The van der Waals surface area contributed by atoms with Gasteiger partial charge in [-0.1, -0.05) is 0 Å². The third kappa shape index (κ3) is 3.38. The first kappa shape index (κ1) is 15.4. The first-order valence-electron chi connectivity index (χ1n) is 6.55. The van der Waals surface area contributed by atoms with Gasteiger partial charge in [-0.25, -0.2) is 0 Å². The van der Waals surface area contributed by atoms with Crippen molar-refractivity contribution in [2.45, 2.75) is 6.92 Å². The number of phenols is 2. The third-order valence-corrected chi connectivity index (χ3v) is 3.13. The number of methoxy groups -OCH3 is 1. The Labute approximate surface area is 128 Å². The van der Waals surface area contributed by atoms with Gasteiger partial charge in [-0.15, -0.1) is 0 Å². The van der Waals surface area contributed by atoms with E-state index in [0.717, 1.165) is 0 Å². The van der Waals surface area contributed by atoms with E-state index in [2.05, 4.69) is 0 Å². The molecule has 0 aliphatic heterocycles. The Morgan fingerprint density at radius 1 is 1.14 bits per heavy atom. The van der Waals surface area contributed by atoms with Crippen LogP contribution in [0.5, 0.6) is 23.0 Å². The molecule has 0 aliphatic rings. The van der Waals surface area contributed by atoms with Gasteiger partial charge in [-0.05, 0) is 31.2 Å². The van der Waals surface area contributed by atoms with Crippen LogP contribution in [-0.2, 0) is 4.79 Å². The molecule has 2 rings (SSSR count). The third-order valence-electron chi connectivity index (χ3n) is 3.13. The van der Waals surface area contributed by atoms with Gasteiger partial charge in [0.25, 0.3) is 0 Å². The second-order valence-electron chi connectivity index (χ2n) is 4.59. The first-order valence-corrected chi connectivity index (χ1v) is 6.55. The SMILES string of the molecule is COc1cc(O)c(C)c(O/C(=C\C=O)c2ccc(O)cc2)c1. The molecule has 0 amide bonds. The number of aromatic hydroxyl groups is 2. The van der Waals surface area contributed by atoms with Crippen molar-refractivity contribution in [3.63, 3.8) is 0 Å². The molecule has 0 spiro atoms. The predicted octanol–water partition coefficient (Wildman–Crippen LogP) is 3.03. The molecule has 0 aliphatic carbocycles. The summed E-state index contributed by atoms with van der Waals surface area (Å²) in [7, 11) is 1.48. The lowest BCUT2D eigenvalue weighted by Crippen LogP contribution is -1.98. The minimum absolute atomic E-state index is 0.0329. The molecule has 2 aromatic carbocycles. The first-order chi connectivity index (χ1) is 10.5. The van der Waals surface area contributed by atoms with Crippen LogP contribution >= 0.6 is 0 Å². The smallest absolute Gasteiger partial charge is 0.146 e. The maximum atomic E-state index is 10.8. The number of benzene rings is 2. The van der Waals surface area contributed by atoms with Crippen molar-refractivity contribution in [2.24, 2.45) is 0 Å². The van der Waals surface area contributed by atoms with Crippen molar-refractivity contribution < 1.29 is 24.5 Å². The maximum absolute atomic E-state index is 10.8. The zero-order valence-electron chi connectivity index (χ0n) is 12.2. The minimum Gasteiger partial charge on any atom is -0.508 e. The molecule has 0 atom stereocenters. The molecule has 2 N–H and O–H groups in total. The fraction of sp³-hybridized carbons (Fsp3) is 0.118. The van der Waals surface area contributed by atoms with E-state index in [0.29, 0.717) is 34.7 Å². The van der Waals surface area contributed by atoms with Crippen molar-refractivity contribution in [1.82, 2.24) is 0 Å². The van der Waals surface area contributed by atoms with Crippen molar-refractivity contribution in [3.05, 3.63) is 53.6 Å². The van der Waals surface area contributed by atoms with E-state index in [-0.39, 0.29) is 11.5 Å². The van der Waals surface area contributed by atoms with Crippen LogP contribution in [0.2, 0.25) is 0 Å². The molecular weight excluding hydrogens is 284 g/mol. The van der Waals surface area contributed by atoms with Gasteiger partial charge < -0.3 is 19.7 Å². The fourth-order valence-corrected chi connectivity index (χ4v) is 1.87. The minimum atomic E-state index is 0.0329. The summed E-state index contributed by atoms with van der Waals surface area (Å²) in [5.41, 5.74) is 1.14. The highest BCUT2D eigenvalue weighted by Crippen LogP contribution is 2.34. The van der Waals surface area contributed by atoms with Crippen molar-refractivity contribution in [1.29, 1.82) is 0 Å². The summed E-state index contributed by atoms with van der Waals surface area (Å²) in [5.74, 6) is 1.26. The number of allylic oxidation sites excluding steroid dienone is 1. The molecule has 0 bridgehead atoms. The molecular formula is C17H16O5. The lowest BCUT2D eigenvalue weighted by atomic mass is 10.1. The highest BCUT2D eigenvalue weighted by atomic mass is 16.5. The molecule has 0 heterocycles. The largest absolute Gasteiger partial charge is 0.508 e. The summed E-state index contributed by atoms with van der Waals surface area (Å²) in [6, 6.07) is 9.33. The summed E-state index contributed by atoms with van der Waals surface area (Å²) in [6.45, 7) is 1.69. The number of hydrogen-bond donors (Lipinski definition) is 2. The van der Waals surface area contributed by atoms with Gasteiger partial charge in [0.2, 0.25) is 0 Å². The molecule has 0 saturated carbocycles. The number of hydrogen-bond acceptors (Lipinski definition) is 5. The summed E-state index contributed by atoms with van der Waals surface area (Å²) < 4.78 is 10.8. The average molecular weight is 300 g/mol. The molecule has 0 aromatic heterocycles. The van der Waals surface area contributed by atoms with Crippen molar-refractivity contribution >= 4 is 12.0 Å². The van der Waals surface area contributed by atoms with Crippen LogP contribution in [0, 0.1) is 6.92 Å². The van der Waals surface area contributed by atoms with Gasteiger partial charge in [0, 0.05) is 29.3 Å². The van der Waals surface area contributed by atoms with Crippen LogP contribution < -0.4 is 9.47 Å². The molecule has 114 valence electrons. The molecule has 0 radical (unpaired) electrons. The van der Waals surface area contributed by atoms with E-state index >= 15 is 0 Å². The zero-order valence-corrected chi connectivity index (χ0v) is 12.2. The molecule has 2 aromatic rings. The molecule has 22 heavy (non-hydrogen) atoms. The number of carbonyl (C=O) groups excluding carboxylic acids is 1. The number of phenolic OH excluding ortho intramolecular Hbond substituents is 2. The van der Waals surface area contributed by atoms with Gasteiger partial charge >= 0.3 is 0 Å². The second kappa shape index (κ2) is 6.67. The van der Waals surface area contributed by atoms with Gasteiger partial charge in [0.15, 0.2) is 0 Å². The van der Waals surface area contributed by atoms with E-state index in [1.54, 1.807) is 25.1 Å². The monoisotopic (exact) mass is 300 g/mol. The van der Waals surface area contributed by atoms with Gasteiger partial charge in [0.1, 0.15) is 35.0 Å². The van der Waals surface area contributed by atoms with Crippen LogP contribution in [-0.4, -0.2) is 23.6 Å². The molecule has 0 saturated heterocycles. The Bertz CT molecular complexity index is 702. The average Bonchev–Trinajstić information content (AvgIpc) is 2.51. The Kier molecular flexibility index (Phi) is 4.68. The van der Waals surface area contributed by atoms with E-state index in [4.69, 9.17) is 9.47 Å². The fourth-order valence-electron chi connectivity index (χ4n) is 1.87. The quantitative estimate of drug-likeness (QED) is 0.504. The highest BCUT2D eigenvalue weighted by molar-refractivity contribution is 5.79. The number of ether oxygens (including phenoxy) is 2. The summed E-state index contributed by atoms with van der Waals surface area (Å²) >= 11 is 0. The van der Waals surface area contributed by atoms with E-state index in [9.17, 15) is 15.0 Å². The lowest BCUT2D eigenvalue weighted by molar-refractivity contribution is -0.104. The summed E-state index contributed by atoms with van der Waals surface area (Å²) in [6.07, 6.45) is 1.87. The Morgan fingerprint density at radius 3 is 2.41 bits per heavy atom. The maximum Gasteiger partial charge on any atom is 0.146 e. The molecule has 0 unspecified atom stereocenters. The van der Waals surface area contributed by atoms with Crippen molar-refractivity contribution in [3.8, 4) is 23.0 Å². The van der Waals surface area contributed by atoms with Crippen LogP contribution in [0.1, 0.15) is 11.1 Å². The highest BCUT2D eigenvalue weighted by Gasteiger charge is 2.12. The molecule has 5 heteroatoms. The lowest BCUT2D eigenvalue weighted by Gasteiger charge is -2.14. The van der Waals surface area contributed by atoms with E-state index in [1.807, 2.05) is 0 Å². The van der Waals surface area contributed by atoms with Gasteiger partial charge in [-0.3, -0.25) is 4.79 Å². The predicted molar refractivity (Wildman–Crippen MR) is 82.2 cm³/mol. The summed E-state index contributed by atoms with van der Waals surface area (Å²) in [4.78, 5) is 10.8. The molecule has 5 nitrogen and oxygen atoms in total. The van der Waals surface area contributed by atoms with Crippen LogP contribution in [0.15, 0.2) is 42.5 Å². The Hall–Kier alpha value is -2.95. The van der Waals surface area contributed by atoms with Gasteiger partial charge in [-0.2, -0.15) is 0 Å². The zero-order chi connectivity index (χ0) is 16.1. The number of rotatable bonds is 5. The summed E-state index contributed by atoms with van der Waals surface area (Å²) in [5, 5.41) is 19.2. The Morgan fingerprint density at radius 2 is 1.82 bits per heavy atom. The van der Waals surface area contributed by atoms with Crippen LogP contribution in [0.25, 0.3) is 5.76 Å².